The molecule has 1 aromatic carbocycles. The van der Waals surface area contributed by atoms with Crippen LogP contribution in [0.3, 0.4) is 0 Å². The van der Waals surface area contributed by atoms with Crippen LogP contribution < -0.4 is 5.32 Å². The van der Waals surface area contributed by atoms with E-state index < -0.39 is 24.3 Å². The van der Waals surface area contributed by atoms with Crippen LogP contribution in [-0.2, 0) is 9.31 Å². The maximum Gasteiger partial charge on any atom is 0.491 e. The summed E-state index contributed by atoms with van der Waals surface area (Å²) in [4.78, 5) is 14.0. The monoisotopic (exact) mass is 356 g/mol. The second kappa shape index (κ2) is 6.57. The molecule has 3 rings (SSSR count). The average molecular weight is 356 g/mol. The van der Waals surface area contributed by atoms with E-state index in [-0.39, 0.29) is 5.69 Å². The molecule has 0 spiro atoms. The number of hydrogen-bond acceptors (Lipinski definition) is 4. The molecule has 1 aliphatic heterocycles. The van der Waals surface area contributed by atoms with Gasteiger partial charge in [0.2, 0.25) is 0 Å². The Morgan fingerprint density at radius 3 is 2.46 bits per heavy atom. The summed E-state index contributed by atoms with van der Waals surface area (Å²) in [6.07, 6.45) is 2.03. The molecule has 0 radical (unpaired) electrons. The molecule has 0 unspecified atom stereocenters. The lowest BCUT2D eigenvalue weighted by atomic mass is 9.77. The van der Waals surface area contributed by atoms with Gasteiger partial charge in [0.15, 0.2) is 0 Å². The predicted molar refractivity (Wildman–Crippen MR) is 103 cm³/mol. The lowest BCUT2D eigenvalue weighted by Gasteiger charge is -2.32. The molecule has 0 aliphatic carbocycles. The van der Waals surface area contributed by atoms with Crippen molar-refractivity contribution in [2.45, 2.75) is 38.9 Å². The molecule has 1 aliphatic rings. The summed E-state index contributed by atoms with van der Waals surface area (Å²) in [5, 5.41) is 13.1. The molecule has 6 nitrogen and oxygen atoms in total. The van der Waals surface area contributed by atoms with E-state index in [1.54, 1.807) is 6.07 Å². The molecule has 2 aromatic rings. The Bertz CT molecular complexity index is 854. The largest absolute Gasteiger partial charge is 0.491 e. The van der Waals surface area contributed by atoms with Crippen LogP contribution in [0.2, 0.25) is 0 Å². The number of carboxylic acid groups (broad SMARTS) is 1. The zero-order chi connectivity index (χ0) is 19.1. The fourth-order valence-corrected chi connectivity index (χ4v) is 2.97. The molecule has 138 valence electrons. The van der Waals surface area contributed by atoms with E-state index in [2.05, 4.69) is 10.3 Å². The highest BCUT2D eigenvalue weighted by Crippen LogP contribution is 2.38. The van der Waals surface area contributed by atoms with Gasteiger partial charge in [-0.15, -0.1) is 0 Å². The highest BCUT2D eigenvalue weighted by Gasteiger charge is 2.52. The summed E-state index contributed by atoms with van der Waals surface area (Å²) in [6, 6.07) is 7.43. The number of likely N-dealkylation sites (N-methyl/N-ethyl adjacent to an activating group) is 1. The number of benzene rings is 1. The third-order valence-corrected chi connectivity index (χ3v) is 5.16. The number of aromatic carboxylic acids is 1. The molecule has 1 saturated heterocycles. The second-order valence-electron chi connectivity index (χ2n) is 7.67. The molecule has 0 saturated carbocycles. The lowest BCUT2D eigenvalue weighted by Crippen LogP contribution is -2.41. The number of hydrogen-bond donors (Lipinski definition) is 3. The third kappa shape index (κ3) is 3.42. The van der Waals surface area contributed by atoms with Crippen LogP contribution in [0.5, 0.6) is 0 Å². The van der Waals surface area contributed by atoms with Gasteiger partial charge < -0.3 is 24.7 Å². The van der Waals surface area contributed by atoms with Crippen LogP contribution in [0.25, 0.3) is 17.0 Å². The Morgan fingerprint density at radius 2 is 1.88 bits per heavy atom. The van der Waals surface area contributed by atoms with Crippen molar-refractivity contribution in [3.8, 4) is 0 Å². The number of H-pyrrole nitrogens is 1. The first-order chi connectivity index (χ1) is 12.1. The van der Waals surface area contributed by atoms with Crippen molar-refractivity contribution in [3.05, 3.63) is 41.0 Å². The third-order valence-electron chi connectivity index (χ3n) is 5.16. The van der Waals surface area contributed by atoms with Crippen LogP contribution in [0.4, 0.5) is 0 Å². The summed E-state index contributed by atoms with van der Waals surface area (Å²) in [5.74, 6) is -0.966. The van der Waals surface area contributed by atoms with Crippen molar-refractivity contribution in [2.24, 2.45) is 0 Å². The van der Waals surface area contributed by atoms with Crippen LogP contribution >= 0.6 is 0 Å². The predicted octanol–water partition coefficient (Wildman–Crippen LogP) is 3.10. The van der Waals surface area contributed by atoms with Gasteiger partial charge in [0, 0.05) is 17.4 Å². The Labute approximate surface area is 153 Å². The lowest BCUT2D eigenvalue weighted by molar-refractivity contribution is 0.00578. The minimum absolute atomic E-state index is 0.183. The molecule has 0 atom stereocenters. The maximum atomic E-state index is 11.1. The van der Waals surface area contributed by atoms with E-state index in [1.165, 1.54) is 0 Å². The highest BCUT2D eigenvalue weighted by atomic mass is 16.7. The normalized spacial score (nSPS) is 19.3. The van der Waals surface area contributed by atoms with E-state index in [0.717, 1.165) is 21.9 Å². The molecule has 1 aromatic heterocycles. The average Bonchev–Trinajstić information content (AvgIpc) is 3.05. The summed E-state index contributed by atoms with van der Waals surface area (Å²) in [7, 11) is 1.46. The summed E-state index contributed by atoms with van der Waals surface area (Å²) in [5.41, 5.74) is 2.14. The second-order valence-corrected chi connectivity index (χ2v) is 7.67. The van der Waals surface area contributed by atoms with Gasteiger partial charge >= 0.3 is 13.1 Å². The first kappa shape index (κ1) is 18.7. The molecule has 1 fully saturated rings. The molecular weight excluding hydrogens is 331 g/mol. The quantitative estimate of drug-likeness (QED) is 0.717. The Balaban J connectivity index is 1.94. The van der Waals surface area contributed by atoms with Crippen molar-refractivity contribution in [3.63, 3.8) is 0 Å². The molecule has 26 heavy (non-hydrogen) atoms. The SMILES string of the molecule is CNCC(=Cc1ccc2[nH]c(C(=O)O)cc2c1)B1OC(C)(C)C(C)(C)O1. The Kier molecular flexibility index (Phi) is 4.73. The Morgan fingerprint density at radius 1 is 1.23 bits per heavy atom. The number of aromatic amines is 1. The van der Waals surface area contributed by atoms with Gasteiger partial charge in [0.05, 0.1) is 11.2 Å². The van der Waals surface area contributed by atoms with Gasteiger partial charge in [-0.2, -0.15) is 0 Å². The zero-order valence-electron chi connectivity index (χ0n) is 15.8. The number of rotatable bonds is 5. The van der Waals surface area contributed by atoms with E-state index in [4.69, 9.17) is 14.4 Å². The number of carboxylic acids is 1. The molecular formula is C19H25BN2O4. The molecule has 7 heteroatoms. The smallest absolute Gasteiger partial charge is 0.477 e. The standard InChI is InChI=1S/C19H25BN2O4/c1-18(2)19(3,4)26-20(25-18)14(11-21-5)9-12-6-7-15-13(8-12)10-16(22-15)17(23)24/h6-10,21-22H,11H2,1-5H3,(H,23,24). The number of aromatic nitrogens is 1. The zero-order valence-corrected chi connectivity index (χ0v) is 15.8. The van der Waals surface area contributed by atoms with Crippen LogP contribution in [0.15, 0.2) is 29.7 Å². The van der Waals surface area contributed by atoms with Gasteiger partial charge in [0.1, 0.15) is 5.69 Å². The molecule has 2 heterocycles. The van der Waals surface area contributed by atoms with E-state index in [9.17, 15) is 4.79 Å². The number of nitrogens with one attached hydrogen (secondary N) is 2. The van der Waals surface area contributed by atoms with Gasteiger partial charge in [-0.05, 0) is 64.0 Å². The van der Waals surface area contributed by atoms with Crippen molar-refractivity contribution >= 4 is 30.1 Å². The topological polar surface area (TPSA) is 83.6 Å². The van der Waals surface area contributed by atoms with Gasteiger partial charge in [-0.1, -0.05) is 12.1 Å². The minimum Gasteiger partial charge on any atom is -0.477 e. The fraction of sp³-hybridized carbons (Fsp3) is 0.421. The Hall–Kier alpha value is -2.09. The van der Waals surface area contributed by atoms with E-state index >= 15 is 0 Å². The van der Waals surface area contributed by atoms with Gasteiger partial charge in [-0.25, -0.2) is 4.79 Å². The minimum atomic E-state index is -0.966. The summed E-state index contributed by atoms with van der Waals surface area (Å²) < 4.78 is 12.3. The first-order valence-corrected chi connectivity index (χ1v) is 8.70. The van der Waals surface area contributed by atoms with Crippen LogP contribution in [0, 0.1) is 0 Å². The molecule has 0 bridgehead atoms. The van der Waals surface area contributed by atoms with E-state index in [1.807, 2.05) is 59.0 Å². The number of fused-ring (bicyclic) bond motifs is 1. The summed E-state index contributed by atoms with van der Waals surface area (Å²) in [6.45, 7) is 8.75. The maximum absolute atomic E-state index is 11.1. The van der Waals surface area contributed by atoms with Crippen LogP contribution in [0.1, 0.15) is 43.7 Å². The van der Waals surface area contributed by atoms with Crippen molar-refractivity contribution in [1.82, 2.24) is 10.3 Å². The van der Waals surface area contributed by atoms with Gasteiger partial charge in [0.25, 0.3) is 0 Å². The first-order valence-electron chi connectivity index (χ1n) is 8.70. The number of carbonyl (C=O) groups is 1. The van der Waals surface area contributed by atoms with Crippen LogP contribution in [-0.4, -0.2) is 48.0 Å². The van der Waals surface area contributed by atoms with Crippen molar-refractivity contribution < 1.29 is 19.2 Å². The molecule has 0 amide bonds. The fourth-order valence-electron chi connectivity index (χ4n) is 2.97. The summed E-state index contributed by atoms with van der Waals surface area (Å²) >= 11 is 0. The van der Waals surface area contributed by atoms with Crippen molar-refractivity contribution in [2.75, 3.05) is 13.6 Å². The highest BCUT2D eigenvalue weighted by molar-refractivity contribution is 6.55. The van der Waals surface area contributed by atoms with E-state index in [0.29, 0.717) is 6.54 Å². The molecule has 3 N–H and O–H groups in total. The van der Waals surface area contributed by atoms with Gasteiger partial charge in [-0.3, -0.25) is 0 Å². The van der Waals surface area contributed by atoms with Crippen molar-refractivity contribution in [1.29, 1.82) is 0 Å².